The van der Waals surface area contributed by atoms with Crippen LogP contribution in [0.25, 0.3) is 5.57 Å². The zero-order chi connectivity index (χ0) is 21.1. The summed E-state index contributed by atoms with van der Waals surface area (Å²) in [6, 6.07) is 7.22. The van der Waals surface area contributed by atoms with E-state index in [-0.39, 0.29) is 12.4 Å². The number of rotatable bonds is 5. The van der Waals surface area contributed by atoms with E-state index in [9.17, 15) is 0 Å². The molecule has 5 heteroatoms. The average Bonchev–Trinajstić information content (AvgIpc) is 2.74. The van der Waals surface area contributed by atoms with Gasteiger partial charge in [-0.1, -0.05) is 33.8 Å². The van der Waals surface area contributed by atoms with Crippen molar-refractivity contribution in [3.05, 3.63) is 29.8 Å². The lowest BCUT2D eigenvalue weighted by Gasteiger charge is -2.39. The maximum absolute atomic E-state index is 5.58. The number of allylic oxidation sites excluding steroid dienone is 2. The number of hydrogen-bond acceptors (Lipinski definition) is 4. The van der Waals surface area contributed by atoms with Crippen molar-refractivity contribution in [2.75, 3.05) is 68.8 Å². The van der Waals surface area contributed by atoms with Crippen molar-refractivity contribution >= 4 is 29.4 Å². The minimum Gasteiger partial charge on any atom is -0.378 e. The lowest BCUT2D eigenvalue weighted by atomic mass is 9.76. The van der Waals surface area contributed by atoms with Gasteiger partial charge in [0, 0.05) is 62.8 Å². The van der Waals surface area contributed by atoms with Crippen molar-refractivity contribution in [1.82, 2.24) is 4.90 Å². The highest BCUT2D eigenvalue weighted by atomic mass is 35.5. The lowest BCUT2D eigenvalue weighted by molar-refractivity contribution is 0.122. The van der Waals surface area contributed by atoms with Gasteiger partial charge in [-0.05, 0) is 54.4 Å². The maximum Gasteiger partial charge on any atom is 0.0642 e. The molecule has 1 aromatic carbocycles. The Hall–Kier alpha value is -1.23. The summed E-state index contributed by atoms with van der Waals surface area (Å²) in [7, 11) is 0. The van der Waals surface area contributed by atoms with Gasteiger partial charge in [0.2, 0.25) is 0 Å². The summed E-state index contributed by atoms with van der Waals surface area (Å²) >= 11 is 0. The molecule has 31 heavy (non-hydrogen) atoms. The standard InChI is InChI=1S/C26H41N3O.ClH/c1-21(2)20-27-11-13-29(14-12-27)25-6-5-23(28-15-17-30-18-16-28)19-24(25)22-7-9-26(3,4)10-8-22;/h5-7,19,21H,8-18,20H2,1-4H3;1H. The van der Waals surface area contributed by atoms with Crippen molar-refractivity contribution in [3.63, 3.8) is 0 Å². The smallest absolute Gasteiger partial charge is 0.0642 e. The second-order valence-electron chi connectivity index (χ2n) is 10.6. The molecular formula is C26H42ClN3O. The van der Waals surface area contributed by atoms with Crippen LogP contribution in [0.5, 0.6) is 0 Å². The molecule has 2 aliphatic heterocycles. The first-order chi connectivity index (χ1) is 14.4. The summed E-state index contributed by atoms with van der Waals surface area (Å²) in [6.45, 7) is 19.0. The second kappa shape index (κ2) is 10.6. The van der Waals surface area contributed by atoms with Crippen molar-refractivity contribution in [3.8, 4) is 0 Å². The van der Waals surface area contributed by atoms with E-state index >= 15 is 0 Å². The van der Waals surface area contributed by atoms with Crippen LogP contribution in [0.15, 0.2) is 24.3 Å². The number of anilines is 2. The van der Waals surface area contributed by atoms with Gasteiger partial charge >= 0.3 is 0 Å². The highest BCUT2D eigenvalue weighted by molar-refractivity contribution is 5.85. The number of benzene rings is 1. The molecule has 1 aromatic rings. The van der Waals surface area contributed by atoms with E-state index in [0.717, 1.165) is 45.3 Å². The molecule has 1 aliphatic carbocycles. The summed E-state index contributed by atoms with van der Waals surface area (Å²) in [5.41, 5.74) is 6.28. The van der Waals surface area contributed by atoms with Crippen LogP contribution in [0.4, 0.5) is 11.4 Å². The van der Waals surface area contributed by atoms with Gasteiger partial charge < -0.3 is 14.5 Å². The number of halogens is 1. The molecule has 4 rings (SSSR count). The van der Waals surface area contributed by atoms with Gasteiger partial charge in [-0.2, -0.15) is 0 Å². The van der Waals surface area contributed by atoms with Crippen molar-refractivity contribution in [1.29, 1.82) is 0 Å². The maximum atomic E-state index is 5.58. The Morgan fingerprint density at radius 1 is 0.968 bits per heavy atom. The summed E-state index contributed by atoms with van der Waals surface area (Å²) in [5.74, 6) is 0.746. The molecule has 0 N–H and O–H groups in total. The molecule has 0 atom stereocenters. The van der Waals surface area contributed by atoms with E-state index < -0.39 is 0 Å². The third-order valence-corrected chi connectivity index (χ3v) is 7.01. The number of morpholine rings is 1. The third-order valence-electron chi connectivity index (χ3n) is 7.01. The first-order valence-corrected chi connectivity index (χ1v) is 12.0. The number of ether oxygens (including phenoxy) is 1. The Morgan fingerprint density at radius 2 is 1.68 bits per heavy atom. The molecule has 0 saturated carbocycles. The van der Waals surface area contributed by atoms with Gasteiger partial charge in [0.25, 0.3) is 0 Å². The molecular weight excluding hydrogens is 406 g/mol. The minimum atomic E-state index is 0. The fraction of sp³-hybridized carbons (Fsp3) is 0.692. The molecule has 0 radical (unpaired) electrons. The zero-order valence-electron chi connectivity index (χ0n) is 20.0. The SMILES string of the molecule is CC(C)CN1CCN(c2ccc(N3CCOCC3)cc2C2=CCC(C)(C)CC2)CC1.Cl. The first-order valence-electron chi connectivity index (χ1n) is 12.0. The van der Waals surface area contributed by atoms with Gasteiger partial charge in [0.1, 0.15) is 0 Å². The normalized spacial score (nSPS) is 22.3. The molecule has 2 heterocycles. The minimum absolute atomic E-state index is 0. The number of nitrogens with zero attached hydrogens (tertiary/aromatic N) is 3. The van der Waals surface area contributed by atoms with E-state index in [2.05, 4.69) is 66.7 Å². The third kappa shape index (κ3) is 6.18. The molecule has 174 valence electrons. The van der Waals surface area contributed by atoms with Crippen molar-refractivity contribution in [2.45, 2.75) is 47.0 Å². The summed E-state index contributed by atoms with van der Waals surface area (Å²) in [5, 5.41) is 0. The van der Waals surface area contributed by atoms with Crippen LogP contribution in [0.2, 0.25) is 0 Å². The Balaban J connectivity index is 0.00000272. The van der Waals surface area contributed by atoms with E-state index in [1.54, 1.807) is 5.57 Å². The molecule has 4 nitrogen and oxygen atoms in total. The van der Waals surface area contributed by atoms with Crippen molar-refractivity contribution in [2.24, 2.45) is 11.3 Å². The monoisotopic (exact) mass is 447 g/mol. The van der Waals surface area contributed by atoms with Gasteiger partial charge in [0.05, 0.1) is 13.2 Å². The molecule has 0 unspecified atom stereocenters. The molecule has 0 spiro atoms. The summed E-state index contributed by atoms with van der Waals surface area (Å²) in [6.07, 6.45) is 6.19. The van der Waals surface area contributed by atoms with Crippen LogP contribution in [0.3, 0.4) is 0 Å². The van der Waals surface area contributed by atoms with E-state index in [0.29, 0.717) is 5.41 Å². The molecule has 3 aliphatic rings. The summed E-state index contributed by atoms with van der Waals surface area (Å²) in [4.78, 5) is 7.76. The van der Waals surface area contributed by atoms with Gasteiger partial charge in [-0.25, -0.2) is 0 Å². The molecule has 0 amide bonds. The highest BCUT2D eigenvalue weighted by Crippen LogP contribution is 2.42. The lowest BCUT2D eigenvalue weighted by Crippen LogP contribution is -2.47. The molecule has 2 saturated heterocycles. The summed E-state index contributed by atoms with van der Waals surface area (Å²) < 4.78 is 5.58. The van der Waals surface area contributed by atoms with Crippen LogP contribution in [0, 0.1) is 11.3 Å². The van der Waals surface area contributed by atoms with Crippen LogP contribution >= 0.6 is 12.4 Å². The average molecular weight is 448 g/mol. The quantitative estimate of drug-likeness (QED) is 0.608. The predicted octanol–water partition coefficient (Wildman–Crippen LogP) is 5.32. The molecule has 0 aromatic heterocycles. The van der Waals surface area contributed by atoms with Crippen LogP contribution < -0.4 is 9.80 Å². The Kier molecular flexibility index (Phi) is 8.34. The van der Waals surface area contributed by atoms with Crippen molar-refractivity contribution < 1.29 is 4.74 Å². The van der Waals surface area contributed by atoms with E-state index in [1.807, 2.05) is 0 Å². The van der Waals surface area contributed by atoms with E-state index in [4.69, 9.17) is 4.74 Å². The fourth-order valence-electron chi connectivity index (χ4n) is 5.08. The zero-order valence-corrected chi connectivity index (χ0v) is 20.8. The fourth-order valence-corrected chi connectivity index (χ4v) is 5.08. The van der Waals surface area contributed by atoms with Gasteiger partial charge in [0.15, 0.2) is 0 Å². The predicted molar refractivity (Wildman–Crippen MR) is 136 cm³/mol. The second-order valence-corrected chi connectivity index (χ2v) is 10.6. The number of hydrogen-bond donors (Lipinski definition) is 0. The van der Waals surface area contributed by atoms with Gasteiger partial charge in [-0.15, -0.1) is 12.4 Å². The molecule has 2 fully saturated rings. The Bertz CT molecular complexity index is 747. The number of piperazine rings is 1. The Morgan fingerprint density at radius 3 is 2.29 bits per heavy atom. The highest BCUT2D eigenvalue weighted by Gasteiger charge is 2.26. The van der Waals surface area contributed by atoms with E-state index in [1.165, 1.54) is 55.8 Å². The topological polar surface area (TPSA) is 19.0 Å². The van der Waals surface area contributed by atoms with Gasteiger partial charge in [-0.3, -0.25) is 4.90 Å². The first kappa shape index (κ1) is 24.4. The van der Waals surface area contributed by atoms with Crippen LogP contribution in [0.1, 0.15) is 52.5 Å². The van der Waals surface area contributed by atoms with Crippen LogP contribution in [-0.4, -0.2) is 63.9 Å². The Labute approximate surface area is 196 Å². The van der Waals surface area contributed by atoms with Crippen LogP contribution in [-0.2, 0) is 4.74 Å². The largest absolute Gasteiger partial charge is 0.378 e. The molecule has 0 bridgehead atoms.